The number of hydrogen-bond donors (Lipinski definition) is 2. The van der Waals surface area contributed by atoms with Crippen LogP contribution in [0.15, 0.2) is 24.3 Å². The van der Waals surface area contributed by atoms with E-state index in [0.717, 1.165) is 0 Å². The first-order valence-corrected chi connectivity index (χ1v) is 8.35. The van der Waals surface area contributed by atoms with Gasteiger partial charge in [0.1, 0.15) is 5.56 Å². The fourth-order valence-corrected chi connectivity index (χ4v) is 2.47. The van der Waals surface area contributed by atoms with Crippen molar-refractivity contribution in [2.24, 2.45) is 0 Å². The van der Waals surface area contributed by atoms with Crippen LogP contribution in [0.2, 0.25) is 0 Å². The van der Waals surface area contributed by atoms with E-state index >= 15 is 0 Å². The van der Waals surface area contributed by atoms with E-state index < -0.39 is 11.9 Å². The number of carboxylic acids is 2. The number of carbonyl (C=O) groups is 2. The third kappa shape index (κ3) is 5.37. The Morgan fingerprint density at radius 1 is 0.600 bits per heavy atom. The lowest BCUT2D eigenvalue weighted by Crippen LogP contribution is -2.03. The maximum absolute atomic E-state index is 10.9. The van der Waals surface area contributed by atoms with Crippen LogP contribution in [0.5, 0.6) is 34.5 Å². The van der Waals surface area contributed by atoms with Crippen LogP contribution < -0.4 is 28.4 Å². The second-order valence-corrected chi connectivity index (χ2v) is 5.41. The van der Waals surface area contributed by atoms with Gasteiger partial charge in [-0.2, -0.15) is 0 Å². The summed E-state index contributed by atoms with van der Waals surface area (Å²) in [6.45, 7) is 0. The molecule has 0 bridgehead atoms. The topological polar surface area (TPSA) is 130 Å². The Morgan fingerprint density at radius 2 is 1.07 bits per heavy atom. The van der Waals surface area contributed by atoms with Gasteiger partial charge in [0, 0.05) is 0 Å². The molecule has 0 spiro atoms. The van der Waals surface area contributed by atoms with Gasteiger partial charge in [0.25, 0.3) is 0 Å². The van der Waals surface area contributed by atoms with Crippen LogP contribution in [0, 0.1) is 0 Å². The van der Waals surface area contributed by atoms with Crippen molar-refractivity contribution >= 4 is 11.9 Å². The number of ether oxygens (including phenoxy) is 6. The minimum atomic E-state index is -1.08. The smallest absolute Gasteiger partial charge is 0.339 e. The van der Waals surface area contributed by atoms with E-state index in [1.807, 2.05) is 0 Å². The second kappa shape index (κ2) is 11.2. The van der Waals surface area contributed by atoms with Crippen LogP contribution in [-0.2, 0) is 0 Å². The highest BCUT2D eigenvalue weighted by molar-refractivity contribution is 5.92. The molecule has 0 fully saturated rings. The molecular formula is C20H24O10. The Kier molecular flexibility index (Phi) is 9.08. The summed E-state index contributed by atoms with van der Waals surface area (Å²) in [4.78, 5) is 21.7. The van der Waals surface area contributed by atoms with Crippen LogP contribution in [0.4, 0.5) is 0 Å². The van der Waals surface area contributed by atoms with Crippen molar-refractivity contribution in [1.29, 1.82) is 0 Å². The van der Waals surface area contributed by atoms with Gasteiger partial charge < -0.3 is 38.6 Å². The summed E-state index contributed by atoms with van der Waals surface area (Å²) in [7, 11) is 8.60. The van der Waals surface area contributed by atoms with E-state index in [-0.39, 0.29) is 22.6 Å². The number of hydrogen-bond acceptors (Lipinski definition) is 8. The lowest BCUT2D eigenvalue weighted by molar-refractivity contribution is 0.0683. The minimum absolute atomic E-state index is 0.0372. The molecule has 2 aromatic carbocycles. The monoisotopic (exact) mass is 424 g/mol. The molecule has 2 N–H and O–H groups in total. The fraction of sp³-hybridized carbons (Fsp3) is 0.300. The van der Waals surface area contributed by atoms with Gasteiger partial charge >= 0.3 is 11.9 Å². The van der Waals surface area contributed by atoms with E-state index in [2.05, 4.69) is 0 Å². The van der Waals surface area contributed by atoms with Crippen LogP contribution >= 0.6 is 0 Å². The third-order valence-electron chi connectivity index (χ3n) is 3.85. The first kappa shape index (κ1) is 24.2. The molecule has 0 radical (unpaired) electrons. The van der Waals surface area contributed by atoms with Gasteiger partial charge in [0.05, 0.1) is 48.2 Å². The highest BCUT2D eigenvalue weighted by atomic mass is 16.5. The summed E-state index contributed by atoms with van der Waals surface area (Å²) in [5.74, 6) is -0.223. The Labute approximate surface area is 173 Å². The molecule has 0 aliphatic heterocycles. The van der Waals surface area contributed by atoms with Crippen LogP contribution in [0.1, 0.15) is 20.7 Å². The number of carboxylic acid groups (broad SMARTS) is 2. The molecule has 0 amide bonds. The fourth-order valence-electron chi connectivity index (χ4n) is 2.47. The third-order valence-corrected chi connectivity index (χ3v) is 3.85. The molecule has 0 aliphatic carbocycles. The number of aromatic carboxylic acids is 2. The van der Waals surface area contributed by atoms with Gasteiger partial charge in [-0.25, -0.2) is 9.59 Å². The van der Waals surface area contributed by atoms with Gasteiger partial charge in [-0.1, -0.05) is 0 Å². The maximum Gasteiger partial charge on any atom is 0.339 e. The van der Waals surface area contributed by atoms with Crippen molar-refractivity contribution in [1.82, 2.24) is 0 Å². The molecule has 164 valence electrons. The largest absolute Gasteiger partial charge is 0.493 e. The summed E-state index contributed by atoms with van der Waals surface area (Å²) in [5.41, 5.74) is 0.125. The summed E-state index contributed by atoms with van der Waals surface area (Å²) in [5, 5.41) is 17.7. The molecule has 2 aromatic rings. The zero-order valence-corrected chi connectivity index (χ0v) is 17.5. The maximum atomic E-state index is 10.9. The van der Waals surface area contributed by atoms with Crippen molar-refractivity contribution in [3.8, 4) is 34.5 Å². The first-order chi connectivity index (χ1) is 14.3. The molecule has 0 saturated heterocycles. The molecule has 0 aliphatic rings. The highest BCUT2D eigenvalue weighted by Gasteiger charge is 2.19. The summed E-state index contributed by atoms with van der Waals surface area (Å²) < 4.78 is 30.1. The SMILES string of the molecule is COc1cc(C(=O)O)cc(OC)c1OC.COc1ccc(C(=O)O)c(OC)c1OC. The molecule has 0 unspecified atom stereocenters. The van der Waals surface area contributed by atoms with Crippen LogP contribution in [-0.4, -0.2) is 64.8 Å². The van der Waals surface area contributed by atoms with Gasteiger partial charge in [0.15, 0.2) is 23.0 Å². The normalized spacial score (nSPS) is 9.53. The van der Waals surface area contributed by atoms with E-state index in [4.69, 9.17) is 38.6 Å². The molecular weight excluding hydrogens is 400 g/mol. The Hall–Kier alpha value is -3.82. The van der Waals surface area contributed by atoms with Crippen LogP contribution in [0.3, 0.4) is 0 Å². The van der Waals surface area contributed by atoms with Crippen molar-refractivity contribution in [2.45, 2.75) is 0 Å². The molecule has 2 rings (SSSR count). The van der Waals surface area contributed by atoms with E-state index in [9.17, 15) is 9.59 Å². The van der Waals surface area contributed by atoms with Crippen LogP contribution in [0.25, 0.3) is 0 Å². The minimum Gasteiger partial charge on any atom is -0.493 e. The summed E-state index contributed by atoms with van der Waals surface area (Å²) >= 11 is 0. The van der Waals surface area contributed by atoms with E-state index in [1.165, 1.54) is 66.9 Å². The number of rotatable bonds is 8. The predicted molar refractivity (Wildman–Crippen MR) is 106 cm³/mol. The van der Waals surface area contributed by atoms with Crippen molar-refractivity contribution < 1.29 is 48.2 Å². The van der Waals surface area contributed by atoms with Crippen molar-refractivity contribution in [3.05, 3.63) is 35.4 Å². The summed E-state index contributed by atoms with van der Waals surface area (Å²) in [6, 6.07) is 5.68. The zero-order valence-electron chi connectivity index (χ0n) is 17.5. The Morgan fingerprint density at radius 3 is 1.40 bits per heavy atom. The standard InChI is InChI=1S/2C10H12O5/c1-13-7-4-6(10(11)12)5-8(14-2)9(7)15-3;1-13-7-5-4-6(10(11)12)8(14-2)9(7)15-3/h2*4-5H,1-3H3,(H,11,12). The van der Waals surface area contributed by atoms with Gasteiger partial charge in [0.2, 0.25) is 11.5 Å². The average molecular weight is 424 g/mol. The van der Waals surface area contributed by atoms with Gasteiger partial charge in [-0.3, -0.25) is 0 Å². The molecule has 10 heteroatoms. The Balaban J connectivity index is 0.000000300. The van der Waals surface area contributed by atoms with Crippen molar-refractivity contribution in [3.63, 3.8) is 0 Å². The molecule has 0 saturated carbocycles. The predicted octanol–water partition coefficient (Wildman–Crippen LogP) is 2.82. The molecule has 0 aromatic heterocycles. The molecule has 0 atom stereocenters. The lowest BCUT2D eigenvalue weighted by Gasteiger charge is -2.13. The van der Waals surface area contributed by atoms with E-state index in [1.54, 1.807) is 0 Å². The second-order valence-electron chi connectivity index (χ2n) is 5.41. The lowest BCUT2D eigenvalue weighted by atomic mass is 10.1. The van der Waals surface area contributed by atoms with Gasteiger partial charge in [-0.15, -0.1) is 0 Å². The molecule has 30 heavy (non-hydrogen) atoms. The zero-order chi connectivity index (χ0) is 22.8. The average Bonchev–Trinajstić information content (AvgIpc) is 2.76. The molecule has 10 nitrogen and oxygen atoms in total. The van der Waals surface area contributed by atoms with E-state index in [0.29, 0.717) is 23.0 Å². The van der Waals surface area contributed by atoms with Gasteiger partial charge in [-0.05, 0) is 24.3 Å². The molecule has 0 heterocycles. The number of benzene rings is 2. The summed E-state index contributed by atoms with van der Waals surface area (Å²) in [6.07, 6.45) is 0. The van der Waals surface area contributed by atoms with Crippen molar-refractivity contribution in [2.75, 3.05) is 42.7 Å². The quantitative estimate of drug-likeness (QED) is 0.652. The Bertz CT molecular complexity index is 866. The highest BCUT2D eigenvalue weighted by Crippen LogP contribution is 2.40. The number of methoxy groups -OCH3 is 6. The first-order valence-electron chi connectivity index (χ1n) is 8.35.